The lowest BCUT2D eigenvalue weighted by Crippen LogP contribution is -2.17. The Morgan fingerprint density at radius 3 is 2.26 bits per heavy atom. The molecule has 2 aromatic carbocycles. The van der Waals surface area contributed by atoms with E-state index in [4.69, 9.17) is 10.00 Å². The van der Waals surface area contributed by atoms with Gasteiger partial charge in [-0.25, -0.2) is 4.98 Å². The Morgan fingerprint density at radius 1 is 1.06 bits per heavy atom. The number of hydrogen-bond donors (Lipinski definition) is 1. The van der Waals surface area contributed by atoms with E-state index in [9.17, 15) is 13.2 Å². The SMILES string of the molecule is CC(C)Oc1ccc(N(C)c2ncc(C(F)(F)F)c(Nc3ccc(C#N)cc3)n2)cc1. The summed E-state index contributed by atoms with van der Waals surface area (Å²) in [5, 5.41) is 11.6. The van der Waals surface area contributed by atoms with Gasteiger partial charge < -0.3 is 15.0 Å². The van der Waals surface area contributed by atoms with Crippen LogP contribution >= 0.6 is 0 Å². The lowest BCUT2D eigenvalue weighted by Gasteiger charge is -2.20. The molecule has 0 spiro atoms. The van der Waals surface area contributed by atoms with Gasteiger partial charge in [-0.05, 0) is 62.4 Å². The predicted molar refractivity (Wildman–Crippen MR) is 112 cm³/mol. The van der Waals surface area contributed by atoms with Gasteiger partial charge in [0.15, 0.2) is 0 Å². The first kappa shape index (κ1) is 21.9. The number of halogens is 3. The van der Waals surface area contributed by atoms with Gasteiger partial charge in [0.25, 0.3) is 0 Å². The normalized spacial score (nSPS) is 11.2. The van der Waals surface area contributed by atoms with Crippen molar-refractivity contribution in [1.29, 1.82) is 5.26 Å². The van der Waals surface area contributed by atoms with Crippen molar-refractivity contribution in [2.45, 2.75) is 26.1 Å². The van der Waals surface area contributed by atoms with E-state index < -0.39 is 11.7 Å². The van der Waals surface area contributed by atoms with E-state index in [-0.39, 0.29) is 17.9 Å². The van der Waals surface area contributed by atoms with Gasteiger partial charge in [0.05, 0.1) is 17.7 Å². The number of nitrogens with zero attached hydrogens (tertiary/aromatic N) is 4. The van der Waals surface area contributed by atoms with Crippen molar-refractivity contribution < 1.29 is 17.9 Å². The molecule has 0 saturated heterocycles. The molecule has 0 unspecified atom stereocenters. The number of rotatable bonds is 6. The summed E-state index contributed by atoms with van der Waals surface area (Å²) in [6.07, 6.45) is -3.86. The molecule has 0 atom stereocenters. The van der Waals surface area contributed by atoms with E-state index in [2.05, 4.69) is 15.3 Å². The molecule has 160 valence electrons. The molecule has 1 heterocycles. The monoisotopic (exact) mass is 427 g/mol. The fraction of sp³-hybridized carbons (Fsp3) is 0.227. The summed E-state index contributed by atoms with van der Waals surface area (Å²) in [7, 11) is 1.66. The Hall–Kier alpha value is -3.80. The molecule has 0 aliphatic rings. The van der Waals surface area contributed by atoms with Gasteiger partial charge >= 0.3 is 6.18 Å². The summed E-state index contributed by atoms with van der Waals surface area (Å²) in [6, 6.07) is 15.1. The molecular weight excluding hydrogens is 407 g/mol. The van der Waals surface area contributed by atoms with E-state index in [1.807, 2.05) is 19.9 Å². The van der Waals surface area contributed by atoms with Crippen LogP contribution in [0.3, 0.4) is 0 Å². The van der Waals surface area contributed by atoms with Crippen molar-refractivity contribution in [2.75, 3.05) is 17.3 Å². The first-order chi connectivity index (χ1) is 14.7. The molecular formula is C22H20F3N5O. The van der Waals surface area contributed by atoms with Crippen LogP contribution in [0.25, 0.3) is 0 Å². The highest BCUT2D eigenvalue weighted by Crippen LogP contribution is 2.36. The highest BCUT2D eigenvalue weighted by Gasteiger charge is 2.35. The molecule has 1 N–H and O–H groups in total. The Labute approximate surface area is 177 Å². The van der Waals surface area contributed by atoms with E-state index >= 15 is 0 Å². The van der Waals surface area contributed by atoms with Crippen molar-refractivity contribution in [3.05, 3.63) is 65.9 Å². The second-order valence-corrected chi connectivity index (χ2v) is 6.96. The topological polar surface area (TPSA) is 74.1 Å². The minimum absolute atomic E-state index is 0.0256. The molecule has 0 aliphatic heterocycles. The molecule has 3 rings (SSSR count). The Kier molecular flexibility index (Phi) is 6.30. The summed E-state index contributed by atoms with van der Waals surface area (Å²) < 4.78 is 46.1. The molecule has 0 radical (unpaired) electrons. The molecule has 1 aromatic heterocycles. The van der Waals surface area contributed by atoms with Crippen LogP contribution in [0.5, 0.6) is 5.75 Å². The van der Waals surface area contributed by atoms with Crippen molar-refractivity contribution in [2.24, 2.45) is 0 Å². The number of nitriles is 1. The molecule has 3 aromatic rings. The smallest absolute Gasteiger partial charge is 0.421 e. The second-order valence-electron chi connectivity index (χ2n) is 6.96. The van der Waals surface area contributed by atoms with Crippen LogP contribution in [-0.2, 0) is 6.18 Å². The molecule has 0 fully saturated rings. The van der Waals surface area contributed by atoms with Gasteiger partial charge in [-0.15, -0.1) is 0 Å². The standard InChI is InChI=1S/C22H20F3N5O/c1-14(2)31-18-10-8-17(9-11-18)30(3)21-27-13-19(22(23,24)25)20(29-21)28-16-6-4-15(12-26)5-7-16/h4-11,13-14H,1-3H3,(H,27,28,29). The van der Waals surface area contributed by atoms with E-state index in [1.54, 1.807) is 36.2 Å². The zero-order valence-electron chi connectivity index (χ0n) is 17.1. The molecule has 0 bridgehead atoms. The van der Waals surface area contributed by atoms with E-state index in [1.165, 1.54) is 24.3 Å². The molecule has 0 amide bonds. The third-order valence-electron chi connectivity index (χ3n) is 4.25. The third-order valence-corrected chi connectivity index (χ3v) is 4.25. The first-order valence-electron chi connectivity index (χ1n) is 9.39. The Balaban J connectivity index is 1.92. The number of ether oxygens (including phenoxy) is 1. The van der Waals surface area contributed by atoms with Crippen molar-refractivity contribution in [3.8, 4) is 11.8 Å². The lowest BCUT2D eigenvalue weighted by atomic mass is 10.2. The van der Waals surface area contributed by atoms with Crippen molar-refractivity contribution >= 4 is 23.1 Å². The average Bonchev–Trinajstić information content (AvgIpc) is 2.73. The summed E-state index contributed by atoms with van der Waals surface area (Å²) in [6.45, 7) is 3.83. The molecule has 0 aliphatic carbocycles. The summed E-state index contributed by atoms with van der Waals surface area (Å²) in [4.78, 5) is 9.59. The molecule has 0 saturated carbocycles. The van der Waals surface area contributed by atoms with Crippen LogP contribution in [-0.4, -0.2) is 23.1 Å². The van der Waals surface area contributed by atoms with Gasteiger partial charge in [0.1, 0.15) is 17.1 Å². The zero-order chi connectivity index (χ0) is 22.6. The summed E-state index contributed by atoms with van der Waals surface area (Å²) in [5.74, 6) is 0.388. The van der Waals surface area contributed by atoms with Gasteiger partial charge in [-0.3, -0.25) is 0 Å². The minimum Gasteiger partial charge on any atom is -0.491 e. The minimum atomic E-state index is -4.64. The fourth-order valence-corrected chi connectivity index (χ4v) is 2.74. The number of anilines is 4. The van der Waals surface area contributed by atoms with Crippen LogP contribution in [0, 0.1) is 11.3 Å². The maximum atomic E-state index is 13.5. The molecule has 6 nitrogen and oxygen atoms in total. The molecule has 9 heteroatoms. The van der Waals surface area contributed by atoms with Gasteiger partial charge in [-0.1, -0.05) is 0 Å². The highest BCUT2D eigenvalue weighted by molar-refractivity contribution is 5.64. The van der Waals surface area contributed by atoms with Gasteiger partial charge in [-0.2, -0.15) is 23.4 Å². The highest BCUT2D eigenvalue weighted by atomic mass is 19.4. The van der Waals surface area contributed by atoms with Crippen LogP contribution in [0.4, 0.5) is 36.3 Å². The molecule has 31 heavy (non-hydrogen) atoms. The zero-order valence-corrected chi connectivity index (χ0v) is 17.1. The summed E-state index contributed by atoms with van der Waals surface area (Å²) >= 11 is 0. The largest absolute Gasteiger partial charge is 0.491 e. The number of aromatic nitrogens is 2. The van der Waals surface area contributed by atoms with E-state index in [0.29, 0.717) is 22.7 Å². The summed E-state index contributed by atoms with van der Waals surface area (Å²) in [5.41, 5.74) is 0.455. The van der Waals surface area contributed by atoms with E-state index in [0.717, 1.165) is 6.20 Å². The quantitative estimate of drug-likeness (QED) is 0.547. The van der Waals surface area contributed by atoms with Gasteiger partial charge in [0.2, 0.25) is 5.95 Å². The maximum Gasteiger partial charge on any atom is 0.421 e. The number of hydrogen-bond acceptors (Lipinski definition) is 6. The average molecular weight is 427 g/mol. The fourth-order valence-electron chi connectivity index (χ4n) is 2.74. The van der Waals surface area contributed by atoms with Crippen molar-refractivity contribution in [1.82, 2.24) is 9.97 Å². The van der Waals surface area contributed by atoms with Gasteiger partial charge in [0, 0.05) is 24.6 Å². The second kappa shape index (κ2) is 8.92. The maximum absolute atomic E-state index is 13.5. The first-order valence-corrected chi connectivity index (χ1v) is 9.39. The third kappa shape index (κ3) is 5.42. The number of alkyl halides is 3. The number of benzene rings is 2. The van der Waals surface area contributed by atoms with Crippen LogP contribution < -0.4 is 15.0 Å². The Bertz CT molecular complexity index is 1070. The Morgan fingerprint density at radius 2 is 1.71 bits per heavy atom. The van der Waals surface area contributed by atoms with Crippen LogP contribution in [0.1, 0.15) is 25.0 Å². The lowest BCUT2D eigenvalue weighted by molar-refractivity contribution is -0.137. The van der Waals surface area contributed by atoms with Crippen LogP contribution in [0.2, 0.25) is 0 Å². The van der Waals surface area contributed by atoms with Crippen LogP contribution in [0.15, 0.2) is 54.7 Å². The van der Waals surface area contributed by atoms with Crippen molar-refractivity contribution in [3.63, 3.8) is 0 Å². The number of nitrogens with one attached hydrogen (secondary N) is 1. The predicted octanol–water partition coefficient (Wildman–Crippen LogP) is 5.67.